The third-order valence-corrected chi connectivity index (χ3v) is 5.43. The molecule has 0 atom stereocenters. The maximum atomic E-state index is 12.6. The van der Waals surface area contributed by atoms with Gasteiger partial charge in [-0.3, -0.25) is 15.1 Å². The van der Waals surface area contributed by atoms with Gasteiger partial charge < -0.3 is 4.57 Å². The average molecular weight is 367 g/mol. The fourth-order valence-corrected chi connectivity index (χ4v) is 3.94. The third kappa shape index (κ3) is 3.21. The lowest BCUT2D eigenvalue weighted by molar-refractivity contribution is 0.103. The monoisotopic (exact) mass is 367 g/mol. The molecule has 1 N–H and O–H groups in total. The second-order valence-corrected chi connectivity index (χ2v) is 7.07. The molecule has 0 aliphatic carbocycles. The Morgan fingerprint density at radius 3 is 2.80 bits per heavy atom. The number of aromatic nitrogens is 4. The number of nitrogens with one attached hydrogen (secondary N) is 1. The molecule has 0 bridgehead atoms. The largest absolute Gasteiger partial charge is 0.300 e. The Morgan fingerprint density at radius 1 is 1.20 bits per heavy atom. The summed E-state index contributed by atoms with van der Waals surface area (Å²) < 4.78 is 1.89. The quantitative estimate of drug-likeness (QED) is 0.591. The summed E-state index contributed by atoms with van der Waals surface area (Å²) >= 11 is 2.74. The summed E-state index contributed by atoms with van der Waals surface area (Å²) in [5.41, 5.74) is 2.42. The highest BCUT2D eigenvalue weighted by molar-refractivity contribution is 7.16. The molecule has 1 amide bonds. The van der Waals surface area contributed by atoms with Crippen LogP contribution in [-0.2, 0) is 0 Å². The number of thiazole rings is 2. The summed E-state index contributed by atoms with van der Waals surface area (Å²) in [5, 5.41) is 6.08. The van der Waals surface area contributed by atoms with Crippen molar-refractivity contribution in [2.75, 3.05) is 5.32 Å². The molecule has 25 heavy (non-hydrogen) atoms. The highest BCUT2D eigenvalue weighted by Crippen LogP contribution is 2.26. The lowest BCUT2D eigenvalue weighted by Gasteiger charge is -1.99. The van der Waals surface area contributed by atoms with E-state index >= 15 is 0 Å². The molecule has 4 heterocycles. The topological polar surface area (TPSA) is 72.7 Å². The van der Waals surface area contributed by atoms with E-state index in [0.717, 1.165) is 16.4 Å². The van der Waals surface area contributed by atoms with E-state index in [1.54, 1.807) is 12.4 Å². The number of carbonyl (C=O) groups is 1. The Balaban J connectivity index is 1.54. The maximum Gasteiger partial charge on any atom is 0.269 e. The Bertz CT molecular complexity index is 1010. The number of nitrogens with zero attached hydrogens (tertiary/aromatic N) is 4. The van der Waals surface area contributed by atoms with Gasteiger partial charge in [-0.25, -0.2) is 9.97 Å². The van der Waals surface area contributed by atoms with E-state index in [4.69, 9.17) is 0 Å². The number of amides is 1. The van der Waals surface area contributed by atoms with Crippen molar-refractivity contribution in [1.82, 2.24) is 19.5 Å². The van der Waals surface area contributed by atoms with E-state index in [-0.39, 0.29) is 5.91 Å². The summed E-state index contributed by atoms with van der Waals surface area (Å²) in [6.07, 6.45) is 7.27. The number of hydrogen-bond acceptors (Lipinski definition) is 6. The maximum absolute atomic E-state index is 12.6. The first-order valence-electron chi connectivity index (χ1n) is 7.49. The van der Waals surface area contributed by atoms with Gasteiger partial charge in [-0.2, -0.15) is 0 Å². The van der Waals surface area contributed by atoms with Crippen LogP contribution in [0.2, 0.25) is 0 Å². The van der Waals surface area contributed by atoms with Gasteiger partial charge in [0, 0.05) is 35.7 Å². The first kappa shape index (κ1) is 15.7. The van der Waals surface area contributed by atoms with Gasteiger partial charge in [-0.15, -0.1) is 11.3 Å². The zero-order valence-electron chi connectivity index (χ0n) is 13.2. The van der Waals surface area contributed by atoms with Crippen LogP contribution in [0.25, 0.3) is 16.4 Å². The molecule has 0 aliphatic heterocycles. The van der Waals surface area contributed by atoms with Crippen LogP contribution in [0.3, 0.4) is 0 Å². The normalized spacial score (nSPS) is 10.8. The van der Waals surface area contributed by atoms with Crippen LogP contribution in [-0.4, -0.2) is 25.4 Å². The van der Waals surface area contributed by atoms with Gasteiger partial charge in [0.05, 0.1) is 11.4 Å². The number of pyridine rings is 1. The molecule has 0 unspecified atom stereocenters. The molecular formula is C17H13N5OS2. The molecular weight excluding hydrogens is 354 g/mol. The Labute approximate surface area is 151 Å². The van der Waals surface area contributed by atoms with Crippen molar-refractivity contribution in [2.45, 2.75) is 6.92 Å². The lowest BCUT2D eigenvalue weighted by atomic mass is 10.2. The minimum atomic E-state index is -0.194. The first-order chi connectivity index (χ1) is 12.2. The molecule has 4 aromatic heterocycles. The fourth-order valence-electron chi connectivity index (χ4n) is 2.30. The van der Waals surface area contributed by atoms with E-state index in [9.17, 15) is 4.79 Å². The molecule has 0 saturated heterocycles. The highest BCUT2D eigenvalue weighted by Gasteiger charge is 2.17. The number of hydrogen-bond donors (Lipinski definition) is 1. The van der Waals surface area contributed by atoms with Gasteiger partial charge in [0.25, 0.3) is 5.91 Å². The molecule has 0 aromatic carbocycles. The van der Waals surface area contributed by atoms with Crippen molar-refractivity contribution in [1.29, 1.82) is 0 Å². The second-order valence-electron chi connectivity index (χ2n) is 5.24. The molecule has 4 rings (SSSR count). The lowest BCUT2D eigenvalue weighted by Crippen LogP contribution is -2.11. The zero-order valence-corrected chi connectivity index (χ0v) is 14.8. The van der Waals surface area contributed by atoms with Crippen molar-refractivity contribution in [3.63, 3.8) is 0 Å². The predicted molar refractivity (Wildman–Crippen MR) is 99.5 cm³/mol. The van der Waals surface area contributed by atoms with E-state index in [0.29, 0.717) is 15.7 Å². The van der Waals surface area contributed by atoms with E-state index in [2.05, 4.69) is 20.3 Å². The van der Waals surface area contributed by atoms with Crippen LogP contribution < -0.4 is 5.32 Å². The standard InChI is InChI=1S/C17H13N5OS2/c1-11-14(25-17(19-11)22-7-2-3-8-22)15(23)21-16-20-13(10-24-16)12-5-4-6-18-9-12/h2-10H,1H3,(H,20,21,23). The summed E-state index contributed by atoms with van der Waals surface area (Å²) in [4.78, 5) is 26.2. The minimum Gasteiger partial charge on any atom is -0.300 e. The smallest absolute Gasteiger partial charge is 0.269 e. The van der Waals surface area contributed by atoms with Crippen molar-refractivity contribution < 1.29 is 4.79 Å². The predicted octanol–water partition coefficient (Wildman–Crippen LogP) is 4.01. The van der Waals surface area contributed by atoms with Gasteiger partial charge in [0.15, 0.2) is 10.3 Å². The molecule has 0 saturated carbocycles. The van der Waals surface area contributed by atoms with Gasteiger partial charge in [0.1, 0.15) is 4.88 Å². The van der Waals surface area contributed by atoms with Crippen molar-refractivity contribution in [2.24, 2.45) is 0 Å². The zero-order chi connectivity index (χ0) is 17.2. The van der Waals surface area contributed by atoms with Crippen LogP contribution in [0.15, 0.2) is 54.4 Å². The number of rotatable bonds is 4. The number of anilines is 1. The van der Waals surface area contributed by atoms with E-state index < -0.39 is 0 Å². The third-order valence-electron chi connectivity index (χ3n) is 3.50. The molecule has 0 spiro atoms. The number of carbonyl (C=O) groups excluding carboxylic acids is 1. The van der Waals surface area contributed by atoms with Crippen molar-refractivity contribution in [3.05, 3.63) is 65.0 Å². The van der Waals surface area contributed by atoms with Gasteiger partial charge in [0.2, 0.25) is 0 Å². The van der Waals surface area contributed by atoms with Gasteiger partial charge >= 0.3 is 0 Å². The molecule has 0 radical (unpaired) electrons. The number of aryl methyl sites for hydroxylation is 1. The molecule has 0 aliphatic rings. The average Bonchev–Trinajstić information content (AvgIpc) is 3.35. The molecule has 124 valence electrons. The van der Waals surface area contributed by atoms with E-state index in [1.807, 2.05) is 53.5 Å². The van der Waals surface area contributed by atoms with Crippen LogP contribution in [0.4, 0.5) is 5.13 Å². The van der Waals surface area contributed by atoms with Crippen molar-refractivity contribution in [3.8, 4) is 16.4 Å². The summed E-state index contributed by atoms with van der Waals surface area (Å²) in [5.74, 6) is -0.194. The summed E-state index contributed by atoms with van der Waals surface area (Å²) in [6, 6.07) is 7.64. The fraction of sp³-hybridized carbons (Fsp3) is 0.0588. The van der Waals surface area contributed by atoms with Crippen LogP contribution >= 0.6 is 22.7 Å². The van der Waals surface area contributed by atoms with Crippen LogP contribution in [0, 0.1) is 6.92 Å². The Hall–Kier alpha value is -2.84. The molecule has 6 nitrogen and oxygen atoms in total. The summed E-state index contributed by atoms with van der Waals surface area (Å²) in [6.45, 7) is 1.83. The van der Waals surface area contributed by atoms with E-state index in [1.165, 1.54) is 22.7 Å². The van der Waals surface area contributed by atoms with Crippen molar-refractivity contribution >= 4 is 33.7 Å². The second kappa shape index (κ2) is 6.58. The SMILES string of the molecule is Cc1nc(-n2cccc2)sc1C(=O)Nc1nc(-c2cccnc2)cs1. The Kier molecular flexibility index (Phi) is 4.12. The minimum absolute atomic E-state index is 0.194. The van der Waals surface area contributed by atoms with Gasteiger partial charge in [-0.05, 0) is 31.2 Å². The van der Waals surface area contributed by atoms with Gasteiger partial charge in [-0.1, -0.05) is 11.3 Å². The Morgan fingerprint density at radius 2 is 2.04 bits per heavy atom. The molecule has 0 fully saturated rings. The van der Waals surface area contributed by atoms with Crippen LogP contribution in [0.5, 0.6) is 0 Å². The highest BCUT2D eigenvalue weighted by atomic mass is 32.1. The molecule has 8 heteroatoms. The van der Waals surface area contributed by atoms with Crippen LogP contribution in [0.1, 0.15) is 15.4 Å². The first-order valence-corrected chi connectivity index (χ1v) is 9.18. The molecule has 4 aromatic rings. The summed E-state index contributed by atoms with van der Waals surface area (Å²) in [7, 11) is 0.